The molecule has 0 saturated heterocycles. The molecule has 4 rings (SSSR count). The second-order valence-electron chi connectivity index (χ2n) is 8.17. The molecule has 2 aromatic heterocycles. The van der Waals surface area contributed by atoms with Crippen LogP contribution in [0.3, 0.4) is 0 Å². The first-order chi connectivity index (χ1) is 14.0. The fourth-order valence-electron chi connectivity index (χ4n) is 4.26. The molecule has 7 heteroatoms. The van der Waals surface area contributed by atoms with Gasteiger partial charge in [0.1, 0.15) is 0 Å². The maximum absolute atomic E-state index is 13.3. The normalized spacial score (nSPS) is 16.4. The van der Waals surface area contributed by atoms with Gasteiger partial charge in [0.25, 0.3) is 5.56 Å². The Kier molecular flexibility index (Phi) is 5.30. The average molecular weight is 396 g/mol. The molecule has 0 radical (unpaired) electrons. The first-order valence-electron chi connectivity index (χ1n) is 10.5. The van der Waals surface area contributed by atoms with Crippen LogP contribution < -0.4 is 16.1 Å². The second-order valence-corrected chi connectivity index (χ2v) is 8.17. The van der Waals surface area contributed by atoms with E-state index in [-0.39, 0.29) is 11.2 Å². The fraction of sp³-hybridized carbons (Fsp3) is 0.500. The number of imidazole rings is 1. The Morgan fingerprint density at radius 3 is 2.59 bits per heavy atom. The van der Waals surface area contributed by atoms with Crippen molar-refractivity contribution in [1.29, 1.82) is 0 Å². The van der Waals surface area contributed by atoms with Gasteiger partial charge in [-0.2, -0.15) is 4.98 Å². The van der Waals surface area contributed by atoms with Crippen molar-refractivity contribution in [2.24, 2.45) is 13.0 Å². The number of hydrogen-bond acceptors (Lipinski definition) is 4. The molecule has 0 bridgehead atoms. The predicted molar refractivity (Wildman–Crippen MR) is 115 cm³/mol. The topological polar surface area (TPSA) is 65.1 Å². The van der Waals surface area contributed by atoms with E-state index in [2.05, 4.69) is 30.9 Å². The maximum atomic E-state index is 13.3. The van der Waals surface area contributed by atoms with E-state index in [1.807, 2.05) is 22.8 Å². The van der Waals surface area contributed by atoms with Crippen molar-refractivity contribution in [3.8, 4) is 0 Å². The SMILES string of the molecule is CCCCCn1c(=O)c2c(nc3n2CC(C)CN3Cc2ccccc2)n(C)c1=O. The van der Waals surface area contributed by atoms with Crippen LogP contribution in [0.2, 0.25) is 0 Å². The summed E-state index contributed by atoms with van der Waals surface area (Å²) >= 11 is 0. The van der Waals surface area contributed by atoms with Gasteiger partial charge >= 0.3 is 5.69 Å². The lowest BCUT2D eigenvalue weighted by Gasteiger charge is -2.33. The molecule has 0 aliphatic carbocycles. The Bertz CT molecular complexity index is 1130. The summed E-state index contributed by atoms with van der Waals surface area (Å²) in [6.07, 6.45) is 2.88. The monoisotopic (exact) mass is 395 g/mol. The largest absolute Gasteiger partial charge is 0.338 e. The van der Waals surface area contributed by atoms with Gasteiger partial charge in [-0.25, -0.2) is 4.79 Å². The number of anilines is 1. The number of benzene rings is 1. The molecule has 7 nitrogen and oxygen atoms in total. The van der Waals surface area contributed by atoms with Crippen LogP contribution in [0.1, 0.15) is 38.7 Å². The highest BCUT2D eigenvalue weighted by Gasteiger charge is 2.28. The predicted octanol–water partition coefficient (Wildman–Crippen LogP) is 2.74. The lowest BCUT2D eigenvalue weighted by molar-refractivity contribution is 0.434. The maximum Gasteiger partial charge on any atom is 0.332 e. The molecular weight excluding hydrogens is 366 g/mol. The number of hydrogen-bond donors (Lipinski definition) is 0. The first kappa shape index (κ1) is 19.5. The van der Waals surface area contributed by atoms with E-state index < -0.39 is 0 Å². The average Bonchev–Trinajstić information content (AvgIpc) is 3.09. The molecule has 1 aliphatic heterocycles. The minimum Gasteiger partial charge on any atom is -0.338 e. The summed E-state index contributed by atoms with van der Waals surface area (Å²) in [6.45, 7) is 7.09. The quantitative estimate of drug-likeness (QED) is 0.602. The number of rotatable bonds is 6. The van der Waals surface area contributed by atoms with Crippen LogP contribution in [-0.2, 0) is 26.7 Å². The molecular formula is C22H29N5O2. The van der Waals surface area contributed by atoms with Crippen LogP contribution in [0.5, 0.6) is 0 Å². The number of nitrogens with zero attached hydrogens (tertiary/aromatic N) is 5. The van der Waals surface area contributed by atoms with Gasteiger partial charge in [-0.3, -0.25) is 13.9 Å². The molecule has 0 amide bonds. The Morgan fingerprint density at radius 1 is 1.10 bits per heavy atom. The molecule has 0 spiro atoms. The third-order valence-electron chi connectivity index (χ3n) is 5.72. The number of aromatic nitrogens is 4. The molecule has 1 aromatic carbocycles. The zero-order valence-corrected chi connectivity index (χ0v) is 17.5. The van der Waals surface area contributed by atoms with Crippen LogP contribution in [0, 0.1) is 5.92 Å². The lowest BCUT2D eigenvalue weighted by Crippen LogP contribution is -2.41. The van der Waals surface area contributed by atoms with Crippen molar-refractivity contribution in [3.63, 3.8) is 0 Å². The van der Waals surface area contributed by atoms with E-state index in [4.69, 9.17) is 4.98 Å². The van der Waals surface area contributed by atoms with E-state index in [1.54, 1.807) is 7.05 Å². The van der Waals surface area contributed by atoms with E-state index in [0.29, 0.717) is 23.6 Å². The van der Waals surface area contributed by atoms with Crippen LogP contribution in [0.15, 0.2) is 39.9 Å². The summed E-state index contributed by atoms with van der Waals surface area (Å²) in [4.78, 5) is 33.1. The Hall–Kier alpha value is -2.83. The van der Waals surface area contributed by atoms with E-state index >= 15 is 0 Å². The molecule has 0 saturated carbocycles. The van der Waals surface area contributed by atoms with E-state index in [9.17, 15) is 9.59 Å². The molecule has 154 valence electrons. The first-order valence-corrected chi connectivity index (χ1v) is 10.5. The van der Waals surface area contributed by atoms with Crippen molar-refractivity contribution in [2.45, 2.75) is 52.7 Å². The van der Waals surface area contributed by atoms with Gasteiger partial charge in [0.2, 0.25) is 5.95 Å². The van der Waals surface area contributed by atoms with Gasteiger partial charge in [-0.05, 0) is 17.9 Å². The second kappa shape index (κ2) is 7.89. The lowest BCUT2D eigenvalue weighted by atomic mass is 10.1. The Morgan fingerprint density at radius 2 is 1.86 bits per heavy atom. The summed E-state index contributed by atoms with van der Waals surface area (Å²) < 4.78 is 4.93. The summed E-state index contributed by atoms with van der Waals surface area (Å²) in [5.41, 5.74) is 1.73. The highest BCUT2D eigenvalue weighted by molar-refractivity contribution is 5.75. The zero-order chi connectivity index (χ0) is 20.5. The van der Waals surface area contributed by atoms with Gasteiger partial charge in [0, 0.05) is 33.2 Å². The van der Waals surface area contributed by atoms with E-state index in [1.165, 1.54) is 14.7 Å². The third kappa shape index (κ3) is 3.50. The third-order valence-corrected chi connectivity index (χ3v) is 5.72. The Balaban J connectivity index is 1.84. The Labute approximate surface area is 170 Å². The van der Waals surface area contributed by atoms with E-state index in [0.717, 1.165) is 44.8 Å². The summed E-state index contributed by atoms with van der Waals surface area (Å²) in [6, 6.07) is 10.3. The van der Waals surface area contributed by atoms with Gasteiger partial charge in [-0.15, -0.1) is 0 Å². The van der Waals surface area contributed by atoms with Gasteiger partial charge in [0.05, 0.1) is 0 Å². The summed E-state index contributed by atoms with van der Waals surface area (Å²) in [7, 11) is 1.71. The zero-order valence-electron chi connectivity index (χ0n) is 17.5. The van der Waals surface area contributed by atoms with Crippen molar-refractivity contribution in [1.82, 2.24) is 18.7 Å². The highest BCUT2D eigenvalue weighted by atomic mass is 16.2. The molecule has 1 aliphatic rings. The number of aryl methyl sites for hydroxylation is 1. The van der Waals surface area contributed by atoms with Crippen molar-refractivity contribution in [3.05, 3.63) is 56.7 Å². The molecule has 0 N–H and O–H groups in total. The molecule has 29 heavy (non-hydrogen) atoms. The summed E-state index contributed by atoms with van der Waals surface area (Å²) in [5, 5.41) is 0. The van der Waals surface area contributed by atoms with Crippen LogP contribution >= 0.6 is 0 Å². The number of fused-ring (bicyclic) bond motifs is 3. The van der Waals surface area contributed by atoms with Crippen molar-refractivity contribution < 1.29 is 0 Å². The van der Waals surface area contributed by atoms with Crippen LogP contribution in [0.25, 0.3) is 11.2 Å². The molecule has 1 atom stereocenters. The van der Waals surface area contributed by atoms with Crippen molar-refractivity contribution >= 4 is 17.1 Å². The molecule has 0 fully saturated rings. The van der Waals surface area contributed by atoms with Crippen molar-refractivity contribution in [2.75, 3.05) is 11.4 Å². The summed E-state index contributed by atoms with van der Waals surface area (Å²) in [5.74, 6) is 1.16. The molecule has 3 aromatic rings. The van der Waals surface area contributed by atoms with Crippen LogP contribution in [0.4, 0.5) is 5.95 Å². The van der Waals surface area contributed by atoms with Gasteiger partial charge < -0.3 is 9.47 Å². The van der Waals surface area contributed by atoms with Gasteiger partial charge in [-0.1, -0.05) is 57.0 Å². The smallest absolute Gasteiger partial charge is 0.332 e. The van der Waals surface area contributed by atoms with Crippen LogP contribution in [-0.4, -0.2) is 25.2 Å². The molecule has 3 heterocycles. The minimum absolute atomic E-state index is 0.216. The number of unbranched alkanes of at least 4 members (excludes halogenated alkanes) is 2. The molecule has 1 unspecified atom stereocenters. The standard InChI is InChI=1S/C22H29N5O2/c1-4-5-9-12-26-20(28)18-19(24(3)22(26)29)23-21-25(13-16(2)14-27(18)21)15-17-10-7-6-8-11-17/h6-8,10-11,16H,4-5,9,12-15H2,1-3H3. The fourth-order valence-corrected chi connectivity index (χ4v) is 4.26. The van der Waals surface area contributed by atoms with Gasteiger partial charge in [0.15, 0.2) is 11.2 Å². The highest BCUT2D eigenvalue weighted by Crippen LogP contribution is 2.28. The minimum atomic E-state index is -0.281.